The van der Waals surface area contributed by atoms with Gasteiger partial charge in [-0.2, -0.15) is 0 Å². The van der Waals surface area contributed by atoms with Crippen LogP contribution in [0.25, 0.3) is 0 Å². The third-order valence-electron chi connectivity index (χ3n) is 3.94. The summed E-state index contributed by atoms with van der Waals surface area (Å²) in [5.41, 5.74) is 1.99. The number of benzene rings is 2. The summed E-state index contributed by atoms with van der Waals surface area (Å²) in [6, 6.07) is 13.6. The molecule has 0 radical (unpaired) electrons. The van der Waals surface area contributed by atoms with E-state index in [9.17, 15) is 0 Å². The molecule has 0 spiro atoms. The van der Waals surface area contributed by atoms with Gasteiger partial charge < -0.3 is 19.9 Å². The van der Waals surface area contributed by atoms with Gasteiger partial charge in [-0.1, -0.05) is 41.9 Å². The van der Waals surface area contributed by atoms with Crippen molar-refractivity contribution in [2.45, 2.75) is 32.4 Å². The zero-order valence-electron chi connectivity index (χ0n) is 15.0. The second-order valence-electron chi connectivity index (χ2n) is 5.79. The number of rotatable bonds is 11. The van der Waals surface area contributed by atoms with Gasteiger partial charge in [0, 0.05) is 29.3 Å². The molecule has 0 saturated heterocycles. The molecule has 2 rings (SSSR count). The zero-order valence-corrected chi connectivity index (χ0v) is 16.6. The third-order valence-corrected chi connectivity index (χ3v) is 4.31. The first-order valence-electron chi connectivity index (χ1n) is 8.60. The smallest absolute Gasteiger partial charge is 0.166 e. The number of hydrogen-bond donors (Lipinski definition) is 2. The van der Waals surface area contributed by atoms with E-state index in [-0.39, 0.29) is 19.0 Å². The van der Waals surface area contributed by atoms with E-state index >= 15 is 0 Å². The molecule has 2 N–H and O–H groups in total. The van der Waals surface area contributed by atoms with Crippen molar-refractivity contribution in [3.05, 3.63) is 58.6 Å². The number of para-hydroxylation sites is 1. The van der Waals surface area contributed by atoms with E-state index in [1.807, 2.05) is 42.5 Å². The highest BCUT2D eigenvalue weighted by molar-refractivity contribution is 6.31. The normalized spacial score (nSPS) is 10.3. The van der Waals surface area contributed by atoms with E-state index in [0.29, 0.717) is 23.9 Å². The molecule has 0 aliphatic heterocycles. The summed E-state index contributed by atoms with van der Waals surface area (Å²) in [6.07, 6.45) is 2.92. The Bertz CT molecular complexity index is 653. The molecule has 0 bridgehead atoms. The third kappa shape index (κ3) is 7.04. The molecular weight excluding hydrogens is 373 g/mol. The topological polar surface area (TPSA) is 50.7 Å². The molecule has 4 nitrogen and oxygen atoms in total. The van der Waals surface area contributed by atoms with Crippen molar-refractivity contribution in [2.24, 2.45) is 0 Å². The van der Waals surface area contributed by atoms with Crippen LogP contribution in [-0.4, -0.2) is 25.4 Å². The first-order chi connectivity index (χ1) is 12.3. The van der Waals surface area contributed by atoms with Crippen LogP contribution in [0.1, 0.15) is 30.4 Å². The number of aliphatic hydroxyl groups is 1. The van der Waals surface area contributed by atoms with E-state index in [1.54, 1.807) is 7.11 Å². The summed E-state index contributed by atoms with van der Waals surface area (Å²) in [4.78, 5) is 0. The van der Waals surface area contributed by atoms with Gasteiger partial charge in [-0.25, -0.2) is 0 Å². The molecule has 0 aliphatic carbocycles. The van der Waals surface area contributed by atoms with Gasteiger partial charge in [-0.3, -0.25) is 0 Å². The maximum absolute atomic E-state index is 8.81. The lowest BCUT2D eigenvalue weighted by Crippen LogP contribution is -2.16. The second kappa shape index (κ2) is 12.8. The summed E-state index contributed by atoms with van der Waals surface area (Å²) >= 11 is 6.21. The number of methoxy groups -OCH3 is 1. The van der Waals surface area contributed by atoms with E-state index in [1.165, 1.54) is 0 Å². The summed E-state index contributed by atoms with van der Waals surface area (Å²) in [5, 5.41) is 12.9. The number of ether oxygens (including phenoxy) is 2. The summed E-state index contributed by atoms with van der Waals surface area (Å²) in [5.74, 6) is 1.46. The second-order valence-corrected chi connectivity index (χ2v) is 6.20. The summed E-state index contributed by atoms with van der Waals surface area (Å²) in [7, 11) is 1.64. The average molecular weight is 400 g/mol. The van der Waals surface area contributed by atoms with Crippen LogP contribution >= 0.6 is 24.0 Å². The van der Waals surface area contributed by atoms with Gasteiger partial charge in [0.15, 0.2) is 11.5 Å². The van der Waals surface area contributed by atoms with Crippen molar-refractivity contribution in [3.63, 3.8) is 0 Å². The molecule has 0 fully saturated rings. The predicted octanol–water partition coefficient (Wildman–Crippen LogP) is 4.60. The highest BCUT2D eigenvalue weighted by atomic mass is 35.5. The zero-order chi connectivity index (χ0) is 17.9. The highest BCUT2D eigenvalue weighted by Gasteiger charge is 2.11. The van der Waals surface area contributed by atoms with Crippen molar-refractivity contribution >= 4 is 24.0 Å². The van der Waals surface area contributed by atoms with E-state index < -0.39 is 0 Å². The number of nitrogens with one attached hydrogen (secondary N) is 1. The van der Waals surface area contributed by atoms with Crippen LogP contribution in [0.4, 0.5) is 0 Å². The van der Waals surface area contributed by atoms with Crippen LogP contribution in [-0.2, 0) is 13.2 Å². The Labute approximate surface area is 166 Å². The molecule has 0 heterocycles. The van der Waals surface area contributed by atoms with Gasteiger partial charge in [-0.05, 0) is 37.9 Å². The lowest BCUT2D eigenvalue weighted by Gasteiger charge is -2.16. The maximum atomic E-state index is 8.81. The molecule has 0 saturated carbocycles. The Kier molecular flexibility index (Phi) is 11.1. The lowest BCUT2D eigenvalue weighted by atomic mass is 10.1. The molecule has 0 aliphatic rings. The Morgan fingerprint density at radius 2 is 1.77 bits per heavy atom. The largest absolute Gasteiger partial charge is 0.493 e. The van der Waals surface area contributed by atoms with Gasteiger partial charge in [0.25, 0.3) is 0 Å². The lowest BCUT2D eigenvalue weighted by molar-refractivity contribution is 0.280. The first kappa shape index (κ1) is 22.6. The van der Waals surface area contributed by atoms with Gasteiger partial charge in [0.05, 0.1) is 7.11 Å². The molecule has 0 amide bonds. The van der Waals surface area contributed by atoms with Crippen LogP contribution in [0, 0.1) is 0 Å². The molecule has 6 heteroatoms. The molecule has 0 unspecified atom stereocenters. The molecule has 2 aromatic rings. The van der Waals surface area contributed by atoms with Crippen LogP contribution in [0.5, 0.6) is 11.5 Å². The Morgan fingerprint density at radius 3 is 2.50 bits per heavy atom. The molecule has 2 aromatic carbocycles. The number of unbranched alkanes of at least 4 members (excludes halogenated alkanes) is 2. The summed E-state index contributed by atoms with van der Waals surface area (Å²) in [6.45, 7) is 2.26. The fraction of sp³-hybridized carbons (Fsp3) is 0.400. The minimum atomic E-state index is 0. The standard InChI is InChI=1S/C20H26ClNO3.ClH/c1-24-19-11-7-9-16(14-22-12-5-2-6-13-23)20(19)25-15-17-8-3-4-10-18(17)21;/h3-4,7-11,22-23H,2,5-6,12-15H2,1H3;1H. The predicted molar refractivity (Wildman–Crippen MR) is 109 cm³/mol. The average Bonchev–Trinajstić information content (AvgIpc) is 2.64. The highest BCUT2D eigenvalue weighted by Crippen LogP contribution is 2.32. The minimum absolute atomic E-state index is 0. The van der Waals surface area contributed by atoms with Gasteiger partial charge in [0.1, 0.15) is 6.61 Å². The van der Waals surface area contributed by atoms with E-state index in [0.717, 1.165) is 42.7 Å². The fourth-order valence-electron chi connectivity index (χ4n) is 2.55. The maximum Gasteiger partial charge on any atom is 0.166 e. The van der Waals surface area contributed by atoms with Gasteiger partial charge in [-0.15, -0.1) is 12.4 Å². The quantitative estimate of drug-likeness (QED) is 0.542. The fourth-order valence-corrected chi connectivity index (χ4v) is 2.74. The number of halogens is 2. The Morgan fingerprint density at radius 1 is 1.00 bits per heavy atom. The molecule has 144 valence electrons. The van der Waals surface area contributed by atoms with Crippen LogP contribution < -0.4 is 14.8 Å². The van der Waals surface area contributed by atoms with Crippen molar-refractivity contribution in [2.75, 3.05) is 20.3 Å². The van der Waals surface area contributed by atoms with Crippen molar-refractivity contribution < 1.29 is 14.6 Å². The van der Waals surface area contributed by atoms with Crippen LogP contribution in [0.3, 0.4) is 0 Å². The van der Waals surface area contributed by atoms with Crippen LogP contribution in [0.2, 0.25) is 5.02 Å². The monoisotopic (exact) mass is 399 g/mol. The minimum Gasteiger partial charge on any atom is -0.493 e. The van der Waals surface area contributed by atoms with Crippen molar-refractivity contribution in [1.82, 2.24) is 5.32 Å². The SMILES string of the molecule is COc1cccc(CNCCCCCO)c1OCc1ccccc1Cl.Cl. The van der Waals surface area contributed by atoms with Crippen molar-refractivity contribution in [3.8, 4) is 11.5 Å². The van der Waals surface area contributed by atoms with E-state index in [4.69, 9.17) is 26.2 Å². The van der Waals surface area contributed by atoms with Gasteiger partial charge >= 0.3 is 0 Å². The van der Waals surface area contributed by atoms with Crippen LogP contribution in [0.15, 0.2) is 42.5 Å². The summed E-state index contributed by atoms with van der Waals surface area (Å²) < 4.78 is 11.5. The number of hydrogen-bond acceptors (Lipinski definition) is 4. The van der Waals surface area contributed by atoms with E-state index in [2.05, 4.69) is 5.32 Å². The molecule has 26 heavy (non-hydrogen) atoms. The molecule has 0 aromatic heterocycles. The number of aliphatic hydroxyl groups excluding tert-OH is 1. The molecule has 0 atom stereocenters. The van der Waals surface area contributed by atoms with Gasteiger partial charge in [0.2, 0.25) is 0 Å². The Hall–Kier alpha value is -1.46. The van der Waals surface area contributed by atoms with Crippen molar-refractivity contribution in [1.29, 1.82) is 0 Å². The molecular formula is C20H27Cl2NO3. The first-order valence-corrected chi connectivity index (χ1v) is 8.97. The Balaban J connectivity index is 0.00000338.